The zero-order valence-corrected chi connectivity index (χ0v) is 7.65. The largest absolute Gasteiger partial charge is 0.306 e. The summed E-state index contributed by atoms with van der Waals surface area (Å²) in [6.07, 6.45) is 2.60. The third-order valence-corrected chi connectivity index (χ3v) is 2.23. The Bertz CT molecular complexity index is 267. The minimum atomic E-state index is -3.40. The summed E-state index contributed by atoms with van der Waals surface area (Å²) < 4.78 is 23.2. The van der Waals surface area contributed by atoms with Crippen LogP contribution in [0.5, 0.6) is 0 Å². The molecule has 0 spiro atoms. The molecule has 0 saturated carbocycles. The van der Waals surface area contributed by atoms with Gasteiger partial charge < -0.3 is 5.32 Å². The van der Waals surface area contributed by atoms with Crippen molar-refractivity contribution >= 4 is 15.9 Å². The Hall–Kier alpha value is -0.620. The molecule has 1 saturated heterocycles. The summed E-state index contributed by atoms with van der Waals surface area (Å²) in [4.78, 5) is 11.1. The summed E-state index contributed by atoms with van der Waals surface area (Å²) in [5.74, 6) is -0.449. The van der Waals surface area contributed by atoms with Crippen LogP contribution in [0, 0.1) is 0 Å². The monoisotopic (exact) mass is 192 g/mol. The lowest BCUT2D eigenvalue weighted by atomic mass is 10.2. The minimum absolute atomic E-state index is 0.334. The molecule has 1 heterocycles. The van der Waals surface area contributed by atoms with Crippen molar-refractivity contribution in [3.63, 3.8) is 0 Å². The Morgan fingerprint density at radius 2 is 2.25 bits per heavy atom. The molecule has 0 radical (unpaired) electrons. The second-order valence-corrected chi connectivity index (χ2v) is 4.64. The van der Waals surface area contributed by atoms with Gasteiger partial charge in [0.05, 0.1) is 12.3 Å². The van der Waals surface area contributed by atoms with E-state index in [4.69, 9.17) is 0 Å². The third-order valence-electron chi connectivity index (χ3n) is 1.66. The maximum absolute atomic E-state index is 11.1. The molecule has 0 aromatic rings. The minimum Gasteiger partial charge on any atom is -0.306 e. The number of hydrogen-bond donors (Lipinski definition) is 2. The van der Waals surface area contributed by atoms with Crippen LogP contribution in [-0.4, -0.2) is 33.2 Å². The van der Waals surface area contributed by atoms with Gasteiger partial charge in [0.1, 0.15) is 0 Å². The van der Waals surface area contributed by atoms with Gasteiger partial charge in [-0.2, -0.15) is 0 Å². The summed E-state index contributed by atoms with van der Waals surface area (Å²) >= 11 is 0. The molecule has 1 fully saturated rings. The van der Waals surface area contributed by atoms with Crippen LogP contribution in [0.15, 0.2) is 0 Å². The van der Waals surface area contributed by atoms with Crippen molar-refractivity contribution in [1.82, 2.24) is 10.0 Å². The van der Waals surface area contributed by atoms with Crippen molar-refractivity contribution in [2.75, 3.05) is 12.8 Å². The molecule has 0 aliphatic carbocycles. The van der Waals surface area contributed by atoms with Crippen molar-refractivity contribution in [2.24, 2.45) is 0 Å². The van der Waals surface area contributed by atoms with Crippen LogP contribution in [0.1, 0.15) is 12.8 Å². The van der Waals surface area contributed by atoms with E-state index >= 15 is 0 Å². The smallest absolute Gasteiger partial charge is 0.250 e. The summed E-state index contributed by atoms with van der Waals surface area (Å²) in [5.41, 5.74) is 0. The standard InChI is InChI=1S/C6H12N2O3S/c1-12(10,11)8-6(9)5-3-2-4-7-5/h5,7H,2-4H2,1H3,(H,8,9)/t5-/m0/s1. The molecule has 6 heteroatoms. The zero-order valence-electron chi connectivity index (χ0n) is 6.83. The van der Waals surface area contributed by atoms with Crippen LogP contribution in [0.25, 0.3) is 0 Å². The number of amides is 1. The highest BCUT2D eigenvalue weighted by molar-refractivity contribution is 7.89. The van der Waals surface area contributed by atoms with Crippen molar-refractivity contribution in [3.8, 4) is 0 Å². The molecule has 2 N–H and O–H groups in total. The van der Waals surface area contributed by atoms with Gasteiger partial charge in [-0.1, -0.05) is 0 Å². The molecule has 0 unspecified atom stereocenters. The molecule has 0 bridgehead atoms. The predicted molar refractivity (Wildman–Crippen MR) is 44.0 cm³/mol. The van der Waals surface area contributed by atoms with Crippen LogP contribution in [0.4, 0.5) is 0 Å². The summed E-state index contributed by atoms with van der Waals surface area (Å²) in [7, 11) is -3.40. The molecule has 12 heavy (non-hydrogen) atoms. The molecule has 0 aromatic heterocycles. The Morgan fingerprint density at radius 1 is 1.58 bits per heavy atom. The van der Waals surface area contributed by atoms with Gasteiger partial charge in [-0.05, 0) is 19.4 Å². The van der Waals surface area contributed by atoms with E-state index in [2.05, 4.69) is 5.32 Å². The van der Waals surface area contributed by atoms with Crippen molar-refractivity contribution < 1.29 is 13.2 Å². The fourth-order valence-electron chi connectivity index (χ4n) is 1.16. The Balaban J connectivity index is 2.48. The van der Waals surface area contributed by atoms with Gasteiger partial charge in [0.25, 0.3) is 5.91 Å². The average Bonchev–Trinajstić information content (AvgIpc) is 2.32. The number of rotatable bonds is 2. The van der Waals surface area contributed by atoms with E-state index in [1.807, 2.05) is 4.72 Å². The van der Waals surface area contributed by atoms with Crippen molar-refractivity contribution in [3.05, 3.63) is 0 Å². The van der Waals surface area contributed by atoms with Crippen LogP contribution < -0.4 is 10.0 Å². The van der Waals surface area contributed by atoms with E-state index in [0.29, 0.717) is 6.42 Å². The number of carbonyl (C=O) groups is 1. The number of carbonyl (C=O) groups excluding carboxylic acids is 1. The molecule has 1 aliphatic heterocycles. The Labute approximate surface area is 71.6 Å². The normalized spacial score (nSPS) is 23.9. The molecule has 1 atom stereocenters. The highest BCUT2D eigenvalue weighted by Gasteiger charge is 2.23. The highest BCUT2D eigenvalue weighted by atomic mass is 32.2. The number of sulfonamides is 1. The number of hydrogen-bond acceptors (Lipinski definition) is 4. The molecular weight excluding hydrogens is 180 g/mol. The van der Waals surface area contributed by atoms with Gasteiger partial charge in [0.2, 0.25) is 10.0 Å². The van der Waals surface area contributed by atoms with Gasteiger partial charge in [0, 0.05) is 0 Å². The van der Waals surface area contributed by atoms with Gasteiger partial charge in [-0.25, -0.2) is 8.42 Å². The van der Waals surface area contributed by atoms with Gasteiger partial charge in [0.15, 0.2) is 0 Å². The van der Waals surface area contributed by atoms with E-state index < -0.39 is 15.9 Å². The predicted octanol–water partition coefficient (Wildman–Crippen LogP) is -1.19. The Morgan fingerprint density at radius 3 is 2.67 bits per heavy atom. The van der Waals surface area contributed by atoms with Crippen LogP contribution >= 0.6 is 0 Å². The van der Waals surface area contributed by atoms with Crippen molar-refractivity contribution in [1.29, 1.82) is 0 Å². The fourth-order valence-corrected chi connectivity index (χ4v) is 1.67. The quantitative estimate of drug-likeness (QED) is 0.577. The molecule has 1 amide bonds. The fraction of sp³-hybridized carbons (Fsp3) is 0.833. The SMILES string of the molecule is CS(=O)(=O)NC(=O)[C@@H]1CCCN1. The lowest BCUT2D eigenvalue weighted by molar-refractivity contribution is -0.120. The molecule has 1 rings (SSSR count). The maximum Gasteiger partial charge on any atom is 0.250 e. The molecular formula is C6H12N2O3S. The van der Waals surface area contributed by atoms with Gasteiger partial charge >= 0.3 is 0 Å². The Kier molecular flexibility index (Phi) is 2.69. The topological polar surface area (TPSA) is 75.3 Å². The molecule has 70 valence electrons. The van der Waals surface area contributed by atoms with E-state index in [-0.39, 0.29) is 6.04 Å². The first-order valence-electron chi connectivity index (χ1n) is 3.74. The van der Waals surface area contributed by atoms with Crippen LogP contribution in [0.2, 0.25) is 0 Å². The maximum atomic E-state index is 11.1. The molecule has 0 aromatic carbocycles. The van der Waals surface area contributed by atoms with Gasteiger partial charge in [-0.15, -0.1) is 0 Å². The first kappa shape index (κ1) is 9.47. The van der Waals surface area contributed by atoms with Crippen molar-refractivity contribution in [2.45, 2.75) is 18.9 Å². The third kappa shape index (κ3) is 2.78. The highest BCUT2D eigenvalue weighted by Crippen LogP contribution is 2.04. The number of nitrogens with one attached hydrogen (secondary N) is 2. The lowest BCUT2D eigenvalue weighted by Gasteiger charge is -2.08. The average molecular weight is 192 g/mol. The van der Waals surface area contributed by atoms with E-state index in [1.54, 1.807) is 0 Å². The first-order valence-corrected chi connectivity index (χ1v) is 5.63. The van der Waals surface area contributed by atoms with Gasteiger partial charge in [-0.3, -0.25) is 9.52 Å². The van der Waals surface area contributed by atoms with E-state index in [0.717, 1.165) is 19.2 Å². The summed E-state index contributed by atoms with van der Waals surface area (Å²) in [6.45, 7) is 0.780. The molecule has 1 aliphatic rings. The summed E-state index contributed by atoms with van der Waals surface area (Å²) in [5, 5.41) is 2.90. The van der Waals surface area contributed by atoms with E-state index in [9.17, 15) is 13.2 Å². The zero-order chi connectivity index (χ0) is 9.19. The molecule has 5 nitrogen and oxygen atoms in total. The first-order chi connectivity index (χ1) is 5.49. The second kappa shape index (κ2) is 3.40. The lowest BCUT2D eigenvalue weighted by Crippen LogP contribution is -2.42. The van der Waals surface area contributed by atoms with Crippen LogP contribution in [-0.2, 0) is 14.8 Å². The van der Waals surface area contributed by atoms with E-state index in [1.165, 1.54) is 0 Å². The second-order valence-electron chi connectivity index (χ2n) is 2.89. The summed E-state index contributed by atoms with van der Waals surface area (Å²) in [6, 6.07) is -0.334. The van der Waals surface area contributed by atoms with Crippen LogP contribution in [0.3, 0.4) is 0 Å².